The molecule has 1 unspecified atom stereocenters. The Bertz CT molecular complexity index is 586. The second-order valence-corrected chi connectivity index (χ2v) is 7.02. The van der Waals surface area contributed by atoms with Crippen LogP contribution in [0.1, 0.15) is 71.3 Å². The summed E-state index contributed by atoms with van der Waals surface area (Å²) in [5, 5.41) is 8.87. The van der Waals surface area contributed by atoms with Crippen LogP contribution in [0, 0.1) is 17.2 Å². The second-order valence-electron chi connectivity index (χ2n) is 7.02. The first kappa shape index (κ1) is 23.2. The molecule has 1 heterocycles. The van der Waals surface area contributed by atoms with Gasteiger partial charge in [-0.1, -0.05) is 74.9 Å². The lowest BCUT2D eigenvalue weighted by molar-refractivity contribution is 0.182. The van der Waals surface area contributed by atoms with Crippen LogP contribution in [0.3, 0.4) is 0 Å². The maximum Gasteiger partial charge on any atom is 0.0624 e. The highest BCUT2D eigenvalue weighted by atomic mass is 15.1. The van der Waals surface area contributed by atoms with Crippen LogP contribution in [0.2, 0.25) is 0 Å². The SMILES string of the molecule is C/C=C\C=C(/CC)C(CCN1CCC(CC#N)CC1)c1ccccc1.CC. The summed E-state index contributed by atoms with van der Waals surface area (Å²) in [6.07, 6.45) is 11.9. The molecule has 0 saturated carbocycles. The van der Waals surface area contributed by atoms with Crippen molar-refractivity contribution in [3.63, 3.8) is 0 Å². The van der Waals surface area contributed by atoms with E-state index in [9.17, 15) is 0 Å². The van der Waals surface area contributed by atoms with Gasteiger partial charge in [-0.05, 0) is 63.7 Å². The molecule has 0 aromatic heterocycles. The van der Waals surface area contributed by atoms with Crippen molar-refractivity contribution in [3.8, 4) is 6.07 Å². The average molecular weight is 367 g/mol. The molecular formula is C25H38N2. The van der Waals surface area contributed by atoms with Gasteiger partial charge in [0.15, 0.2) is 0 Å². The van der Waals surface area contributed by atoms with Crippen LogP contribution in [0.25, 0.3) is 0 Å². The third-order valence-electron chi connectivity index (χ3n) is 5.38. The fourth-order valence-corrected chi connectivity index (χ4v) is 3.81. The normalized spacial score (nSPS) is 17.2. The average Bonchev–Trinajstić information content (AvgIpc) is 2.74. The maximum atomic E-state index is 8.87. The number of benzene rings is 1. The predicted molar refractivity (Wildman–Crippen MR) is 118 cm³/mol. The van der Waals surface area contributed by atoms with E-state index in [4.69, 9.17) is 5.26 Å². The van der Waals surface area contributed by atoms with E-state index in [1.54, 1.807) is 0 Å². The summed E-state index contributed by atoms with van der Waals surface area (Å²) < 4.78 is 0. The number of piperidine rings is 1. The molecule has 27 heavy (non-hydrogen) atoms. The second kappa shape index (κ2) is 14.2. The van der Waals surface area contributed by atoms with E-state index in [0.717, 1.165) is 32.5 Å². The Morgan fingerprint density at radius 3 is 2.44 bits per heavy atom. The Balaban J connectivity index is 0.00000176. The van der Waals surface area contributed by atoms with Gasteiger partial charge in [0.2, 0.25) is 0 Å². The first-order valence-corrected chi connectivity index (χ1v) is 10.7. The van der Waals surface area contributed by atoms with Crippen LogP contribution in [-0.2, 0) is 0 Å². The van der Waals surface area contributed by atoms with Gasteiger partial charge in [-0.25, -0.2) is 0 Å². The highest BCUT2D eigenvalue weighted by molar-refractivity contribution is 5.30. The standard InChI is InChI=1S/C23H32N2.C2H6/c1-3-5-9-21(4-2)23(22-10-7-6-8-11-22)15-19-25-17-13-20(12-16-24)14-18-25;1-2/h3,5-11,20,23H,4,12-15,17-19H2,1-2H3;1-2H3/b5-3-,21-9+;. The summed E-state index contributed by atoms with van der Waals surface area (Å²) in [6, 6.07) is 13.3. The topological polar surface area (TPSA) is 27.0 Å². The van der Waals surface area contributed by atoms with Crippen molar-refractivity contribution in [1.29, 1.82) is 5.26 Å². The van der Waals surface area contributed by atoms with Crippen molar-refractivity contribution < 1.29 is 0 Å². The molecule has 148 valence electrons. The van der Waals surface area contributed by atoms with Gasteiger partial charge in [0.05, 0.1) is 6.07 Å². The Kier molecular flexibility index (Phi) is 12.2. The van der Waals surface area contributed by atoms with Crippen molar-refractivity contribution in [2.75, 3.05) is 19.6 Å². The summed E-state index contributed by atoms with van der Waals surface area (Å²) in [5.41, 5.74) is 2.95. The van der Waals surface area contributed by atoms with Crippen molar-refractivity contribution in [1.82, 2.24) is 4.90 Å². The zero-order chi connectivity index (χ0) is 19.9. The number of nitrogens with zero attached hydrogens (tertiary/aromatic N) is 2. The molecule has 0 radical (unpaired) electrons. The fourth-order valence-electron chi connectivity index (χ4n) is 3.81. The van der Waals surface area contributed by atoms with E-state index in [0.29, 0.717) is 11.8 Å². The summed E-state index contributed by atoms with van der Waals surface area (Å²) >= 11 is 0. The molecule has 1 aromatic rings. The first-order valence-electron chi connectivity index (χ1n) is 10.7. The molecule has 2 heteroatoms. The summed E-state index contributed by atoms with van der Waals surface area (Å²) in [5.74, 6) is 1.12. The minimum Gasteiger partial charge on any atom is -0.303 e. The smallest absolute Gasteiger partial charge is 0.0624 e. The molecular weight excluding hydrogens is 328 g/mol. The molecule has 0 aliphatic carbocycles. The lowest BCUT2D eigenvalue weighted by Gasteiger charge is -2.32. The minimum absolute atomic E-state index is 0.499. The molecule has 0 spiro atoms. The lowest BCUT2D eigenvalue weighted by Crippen LogP contribution is -2.35. The summed E-state index contributed by atoms with van der Waals surface area (Å²) in [7, 11) is 0. The van der Waals surface area contributed by atoms with E-state index in [1.807, 2.05) is 13.8 Å². The monoisotopic (exact) mass is 366 g/mol. The van der Waals surface area contributed by atoms with Crippen LogP contribution in [0.15, 0.2) is 54.1 Å². The maximum absolute atomic E-state index is 8.87. The number of hydrogen-bond acceptors (Lipinski definition) is 2. The van der Waals surface area contributed by atoms with Crippen LogP contribution >= 0.6 is 0 Å². The van der Waals surface area contributed by atoms with Crippen LogP contribution < -0.4 is 0 Å². The van der Waals surface area contributed by atoms with Crippen molar-refractivity contribution in [3.05, 3.63) is 59.7 Å². The molecule has 1 aromatic carbocycles. The number of rotatable bonds is 8. The molecule has 1 fully saturated rings. The third kappa shape index (κ3) is 8.14. The molecule has 1 atom stereocenters. The molecule has 0 N–H and O–H groups in total. The van der Waals surface area contributed by atoms with E-state index in [2.05, 4.69) is 73.4 Å². The largest absolute Gasteiger partial charge is 0.303 e. The van der Waals surface area contributed by atoms with Gasteiger partial charge in [0, 0.05) is 12.3 Å². The number of hydrogen-bond donors (Lipinski definition) is 0. The van der Waals surface area contributed by atoms with Crippen molar-refractivity contribution in [2.45, 2.75) is 65.7 Å². The Morgan fingerprint density at radius 1 is 1.22 bits per heavy atom. The van der Waals surface area contributed by atoms with E-state index >= 15 is 0 Å². The quantitative estimate of drug-likeness (QED) is 0.477. The number of nitriles is 1. The third-order valence-corrected chi connectivity index (χ3v) is 5.38. The van der Waals surface area contributed by atoms with E-state index < -0.39 is 0 Å². The molecule has 1 saturated heterocycles. The highest BCUT2D eigenvalue weighted by Crippen LogP contribution is 2.31. The summed E-state index contributed by atoms with van der Waals surface area (Å²) in [6.45, 7) is 11.8. The van der Waals surface area contributed by atoms with Gasteiger partial charge < -0.3 is 4.90 Å². The lowest BCUT2D eigenvalue weighted by atomic mass is 9.86. The Labute approximate surface area is 167 Å². The zero-order valence-corrected chi connectivity index (χ0v) is 17.8. The van der Waals surface area contributed by atoms with E-state index in [-0.39, 0.29) is 0 Å². The predicted octanol–water partition coefficient (Wildman–Crippen LogP) is 6.72. The zero-order valence-electron chi connectivity index (χ0n) is 17.8. The van der Waals surface area contributed by atoms with Gasteiger partial charge in [-0.2, -0.15) is 5.26 Å². The van der Waals surface area contributed by atoms with Crippen LogP contribution in [-0.4, -0.2) is 24.5 Å². The minimum atomic E-state index is 0.499. The molecule has 1 aliphatic rings. The van der Waals surface area contributed by atoms with E-state index in [1.165, 1.54) is 30.4 Å². The number of likely N-dealkylation sites (tertiary alicyclic amines) is 1. The number of allylic oxidation sites excluding steroid dienone is 4. The van der Waals surface area contributed by atoms with Crippen molar-refractivity contribution >= 4 is 0 Å². The molecule has 2 rings (SSSR count). The van der Waals surface area contributed by atoms with Gasteiger partial charge in [0.25, 0.3) is 0 Å². The van der Waals surface area contributed by atoms with Gasteiger partial charge in [-0.3, -0.25) is 0 Å². The van der Waals surface area contributed by atoms with Gasteiger partial charge >= 0.3 is 0 Å². The van der Waals surface area contributed by atoms with Crippen LogP contribution in [0.5, 0.6) is 0 Å². The Morgan fingerprint density at radius 2 is 1.89 bits per heavy atom. The van der Waals surface area contributed by atoms with Gasteiger partial charge in [-0.15, -0.1) is 0 Å². The van der Waals surface area contributed by atoms with Crippen LogP contribution in [0.4, 0.5) is 0 Å². The van der Waals surface area contributed by atoms with Crippen molar-refractivity contribution in [2.24, 2.45) is 5.92 Å². The van der Waals surface area contributed by atoms with Gasteiger partial charge in [0.1, 0.15) is 0 Å². The molecule has 0 amide bonds. The fraction of sp³-hybridized carbons (Fsp3) is 0.560. The molecule has 2 nitrogen and oxygen atoms in total. The first-order chi connectivity index (χ1) is 13.3. The molecule has 0 bridgehead atoms. The summed E-state index contributed by atoms with van der Waals surface area (Å²) in [4.78, 5) is 2.59. The molecule has 1 aliphatic heterocycles. The highest BCUT2D eigenvalue weighted by Gasteiger charge is 2.21. The Hall–Kier alpha value is -1.85.